The highest BCUT2D eigenvalue weighted by Gasteiger charge is 2.13. The van der Waals surface area contributed by atoms with Crippen molar-refractivity contribution in [2.75, 3.05) is 32.5 Å². The van der Waals surface area contributed by atoms with Crippen LogP contribution in [0, 0.1) is 0 Å². The fourth-order valence-electron chi connectivity index (χ4n) is 3.42. The van der Waals surface area contributed by atoms with Crippen molar-refractivity contribution < 1.29 is 13.2 Å². The Morgan fingerprint density at radius 3 is 2.43 bits per heavy atom. The molecular formula is C21H35N3O3S. The average Bonchev–Trinajstić information content (AvgIpc) is 2.96. The number of aliphatic imine (C=N–C) groups is 1. The van der Waals surface area contributed by atoms with E-state index in [1.54, 1.807) is 7.05 Å². The van der Waals surface area contributed by atoms with E-state index in [4.69, 9.17) is 4.74 Å². The number of hydrogen-bond donors (Lipinski definition) is 2. The third-order valence-electron chi connectivity index (χ3n) is 4.93. The van der Waals surface area contributed by atoms with E-state index >= 15 is 0 Å². The van der Waals surface area contributed by atoms with Gasteiger partial charge in [-0.2, -0.15) is 0 Å². The molecule has 1 aliphatic rings. The number of benzene rings is 1. The van der Waals surface area contributed by atoms with E-state index in [1.165, 1.54) is 38.5 Å². The molecule has 0 saturated heterocycles. The molecule has 0 heterocycles. The van der Waals surface area contributed by atoms with Crippen molar-refractivity contribution in [2.24, 2.45) is 4.99 Å². The normalized spacial score (nSPS) is 16.5. The molecule has 0 unspecified atom stereocenters. The molecule has 1 saturated carbocycles. The Kier molecular flexibility index (Phi) is 10.4. The molecule has 0 aromatic heterocycles. The van der Waals surface area contributed by atoms with Gasteiger partial charge in [0.25, 0.3) is 0 Å². The first-order valence-electron chi connectivity index (χ1n) is 10.4. The van der Waals surface area contributed by atoms with E-state index < -0.39 is 9.84 Å². The minimum absolute atomic E-state index is 0.0965. The first kappa shape index (κ1) is 22.7. The van der Waals surface area contributed by atoms with Crippen LogP contribution in [0.1, 0.15) is 50.5 Å². The molecule has 1 aliphatic carbocycles. The molecule has 0 radical (unpaired) electrons. The highest BCUT2D eigenvalue weighted by molar-refractivity contribution is 7.90. The third-order valence-corrected chi connectivity index (χ3v) is 6.61. The lowest BCUT2D eigenvalue weighted by Crippen LogP contribution is -2.40. The fraction of sp³-hybridized carbons (Fsp3) is 0.667. The lowest BCUT2D eigenvalue weighted by molar-refractivity contribution is 0.0468. The van der Waals surface area contributed by atoms with Crippen molar-refractivity contribution in [3.05, 3.63) is 35.9 Å². The van der Waals surface area contributed by atoms with E-state index in [1.807, 2.05) is 30.3 Å². The Morgan fingerprint density at radius 1 is 1.07 bits per heavy atom. The van der Waals surface area contributed by atoms with Gasteiger partial charge in [0.2, 0.25) is 0 Å². The van der Waals surface area contributed by atoms with Gasteiger partial charge >= 0.3 is 0 Å². The number of hydrogen-bond acceptors (Lipinski definition) is 4. The zero-order chi connectivity index (χ0) is 20.1. The van der Waals surface area contributed by atoms with Gasteiger partial charge in [-0.3, -0.25) is 4.99 Å². The summed E-state index contributed by atoms with van der Waals surface area (Å²) in [6.45, 7) is 1.93. The standard InChI is InChI=1S/C21H35N3O3S/c1-22-21(24-15-16-27-20-12-7-2-3-8-13-20)23-14-9-17-28(25,26)18-19-10-5-4-6-11-19/h4-6,10-11,20H,2-3,7-9,12-18H2,1H3,(H2,22,23,24). The van der Waals surface area contributed by atoms with Crippen molar-refractivity contribution in [1.29, 1.82) is 0 Å². The Morgan fingerprint density at radius 2 is 1.75 bits per heavy atom. The molecular weight excluding hydrogens is 374 g/mol. The van der Waals surface area contributed by atoms with E-state index in [0.717, 1.165) is 5.56 Å². The summed E-state index contributed by atoms with van der Waals surface area (Å²) in [4.78, 5) is 4.18. The maximum atomic E-state index is 12.2. The molecule has 0 spiro atoms. The summed E-state index contributed by atoms with van der Waals surface area (Å²) in [6.07, 6.45) is 8.49. The largest absolute Gasteiger partial charge is 0.376 e. The molecule has 2 rings (SSSR count). The lowest BCUT2D eigenvalue weighted by Gasteiger charge is -2.16. The molecule has 1 aromatic carbocycles. The van der Waals surface area contributed by atoms with Crippen LogP contribution in [0.3, 0.4) is 0 Å². The van der Waals surface area contributed by atoms with Gasteiger partial charge in [0.05, 0.1) is 24.2 Å². The lowest BCUT2D eigenvalue weighted by atomic mass is 10.1. The third kappa shape index (κ3) is 9.55. The Bertz CT molecular complexity index is 669. The van der Waals surface area contributed by atoms with Gasteiger partial charge in [-0.1, -0.05) is 56.0 Å². The van der Waals surface area contributed by atoms with E-state index in [9.17, 15) is 8.42 Å². The zero-order valence-electron chi connectivity index (χ0n) is 17.0. The van der Waals surface area contributed by atoms with Gasteiger partial charge in [0, 0.05) is 20.1 Å². The number of sulfone groups is 1. The topological polar surface area (TPSA) is 79.8 Å². The summed E-state index contributed by atoms with van der Waals surface area (Å²) in [5, 5.41) is 6.40. The van der Waals surface area contributed by atoms with Crippen LogP contribution in [-0.4, -0.2) is 53.0 Å². The van der Waals surface area contributed by atoms with Crippen LogP contribution < -0.4 is 10.6 Å². The van der Waals surface area contributed by atoms with Crippen molar-refractivity contribution >= 4 is 15.8 Å². The first-order valence-corrected chi connectivity index (χ1v) is 12.2. The summed E-state index contributed by atoms with van der Waals surface area (Å²) in [7, 11) is -1.38. The second-order valence-electron chi connectivity index (χ2n) is 7.34. The SMILES string of the molecule is CN=C(NCCCS(=O)(=O)Cc1ccccc1)NCCOC1CCCCCC1. The van der Waals surface area contributed by atoms with Gasteiger partial charge in [0.1, 0.15) is 0 Å². The zero-order valence-corrected chi connectivity index (χ0v) is 17.8. The van der Waals surface area contributed by atoms with Gasteiger partial charge in [-0.15, -0.1) is 0 Å². The van der Waals surface area contributed by atoms with Crippen LogP contribution in [-0.2, 0) is 20.3 Å². The predicted octanol–water partition coefficient (Wildman–Crippen LogP) is 2.90. The molecule has 28 heavy (non-hydrogen) atoms. The van der Waals surface area contributed by atoms with Crippen LogP contribution in [0.2, 0.25) is 0 Å². The molecule has 0 atom stereocenters. The van der Waals surface area contributed by atoms with Crippen molar-refractivity contribution in [3.63, 3.8) is 0 Å². The second-order valence-corrected chi connectivity index (χ2v) is 9.53. The number of nitrogens with one attached hydrogen (secondary N) is 2. The molecule has 6 nitrogen and oxygen atoms in total. The second kappa shape index (κ2) is 12.8. The van der Waals surface area contributed by atoms with Gasteiger partial charge in [-0.05, 0) is 24.8 Å². The quantitative estimate of drug-likeness (QED) is 0.269. The molecule has 0 amide bonds. The van der Waals surface area contributed by atoms with Crippen LogP contribution in [0.5, 0.6) is 0 Å². The summed E-state index contributed by atoms with van der Waals surface area (Å²) in [6, 6.07) is 9.31. The van der Waals surface area contributed by atoms with Crippen molar-refractivity contribution in [3.8, 4) is 0 Å². The van der Waals surface area contributed by atoms with Crippen LogP contribution in [0.4, 0.5) is 0 Å². The molecule has 0 bridgehead atoms. The van der Waals surface area contributed by atoms with Gasteiger partial charge in [-0.25, -0.2) is 8.42 Å². The summed E-state index contributed by atoms with van der Waals surface area (Å²) in [5.41, 5.74) is 0.835. The molecule has 7 heteroatoms. The van der Waals surface area contributed by atoms with Crippen molar-refractivity contribution in [1.82, 2.24) is 10.6 Å². The minimum atomic E-state index is -3.10. The molecule has 1 aromatic rings. The summed E-state index contributed by atoms with van der Waals surface area (Å²) < 4.78 is 30.4. The highest BCUT2D eigenvalue weighted by atomic mass is 32.2. The number of guanidine groups is 1. The van der Waals surface area contributed by atoms with Gasteiger partial charge in [0.15, 0.2) is 15.8 Å². The molecule has 0 aliphatic heterocycles. The van der Waals surface area contributed by atoms with Crippen LogP contribution in [0.15, 0.2) is 35.3 Å². The Balaban J connectivity index is 1.57. The number of rotatable bonds is 10. The Labute approximate surface area is 170 Å². The van der Waals surface area contributed by atoms with Crippen LogP contribution in [0.25, 0.3) is 0 Å². The minimum Gasteiger partial charge on any atom is -0.376 e. The molecule has 158 valence electrons. The maximum absolute atomic E-state index is 12.2. The van der Waals surface area contributed by atoms with Gasteiger partial charge < -0.3 is 15.4 Å². The average molecular weight is 410 g/mol. The van der Waals surface area contributed by atoms with E-state index in [2.05, 4.69) is 15.6 Å². The van der Waals surface area contributed by atoms with E-state index in [-0.39, 0.29) is 11.5 Å². The predicted molar refractivity (Wildman–Crippen MR) is 115 cm³/mol. The molecule has 2 N–H and O–H groups in total. The number of ether oxygens (including phenoxy) is 1. The van der Waals surface area contributed by atoms with Crippen molar-refractivity contribution in [2.45, 2.75) is 56.8 Å². The summed E-state index contributed by atoms with van der Waals surface area (Å²) >= 11 is 0. The Hall–Kier alpha value is -1.60. The van der Waals surface area contributed by atoms with E-state index in [0.29, 0.717) is 38.2 Å². The van der Waals surface area contributed by atoms with Crippen LogP contribution >= 0.6 is 0 Å². The fourth-order valence-corrected chi connectivity index (χ4v) is 4.85. The highest BCUT2D eigenvalue weighted by Crippen LogP contribution is 2.19. The monoisotopic (exact) mass is 409 g/mol. The summed E-state index contributed by atoms with van der Waals surface area (Å²) in [5.74, 6) is 0.945. The maximum Gasteiger partial charge on any atom is 0.191 e. The first-order chi connectivity index (χ1) is 13.6. The molecule has 1 fully saturated rings. The number of nitrogens with zero attached hydrogens (tertiary/aromatic N) is 1. The smallest absolute Gasteiger partial charge is 0.191 e.